The molecule has 4 heteroatoms. The molecule has 0 radical (unpaired) electrons. The number of aryl methyl sites for hydroxylation is 1. The number of carbonyl (C=O) groups is 1. The van der Waals surface area contributed by atoms with Crippen LogP contribution in [0.5, 0.6) is 0 Å². The van der Waals surface area contributed by atoms with Gasteiger partial charge in [-0.15, -0.1) is 0 Å². The van der Waals surface area contributed by atoms with E-state index >= 15 is 0 Å². The molecule has 0 saturated heterocycles. The highest BCUT2D eigenvalue weighted by atomic mass is 35.5. The smallest absolute Gasteiger partial charge is 0.251 e. The van der Waals surface area contributed by atoms with Gasteiger partial charge >= 0.3 is 0 Å². The molecule has 1 aromatic rings. The Hall–Kier alpha value is -1.09. The van der Waals surface area contributed by atoms with Gasteiger partial charge in [-0.05, 0) is 31.4 Å². The molecule has 1 aliphatic rings. The summed E-state index contributed by atoms with van der Waals surface area (Å²) in [5.74, 6) is -0.0199. The number of hydrogen-bond donors (Lipinski definition) is 1. The third kappa shape index (κ3) is 4.20. The molecule has 1 amide bonds. The molecular formula is C15H21ClN2O. The number of carbonyl (C=O) groups excluding carboxylic acids is 1. The van der Waals surface area contributed by atoms with Crippen LogP contribution < -0.4 is 5.32 Å². The van der Waals surface area contributed by atoms with E-state index in [9.17, 15) is 4.79 Å². The first-order valence-electron chi connectivity index (χ1n) is 7.16. The van der Waals surface area contributed by atoms with E-state index in [1.807, 2.05) is 6.07 Å². The number of pyridine rings is 1. The average molecular weight is 281 g/mol. The number of nitrogens with one attached hydrogen (secondary N) is 1. The van der Waals surface area contributed by atoms with E-state index in [-0.39, 0.29) is 5.91 Å². The Kier molecular flexibility index (Phi) is 5.20. The fourth-order valence-corrected chi connectivity index (χ4v) is 2.81. The van der Waals surface area contributed by atoms with Gasteiger partial charge in [-0.3, -0.25) is 4.79 Å². The Morgan fingerprint density at radius 2 is 2.11 bits per heavy atom. The van der Waals surface area contributed by atoms with Crippen LogP contribution in [-0.2, 0) is 6.42 Å². The summed E-state index contributed by atoms with van der Waals surface area (Å²) in [6, 6.07) is 3.83. The van der Waals surface area contributed by atoms with Gasteiger partial charge in [0, 0.05) is 17.3 Å². The molecule has 0 spiro atoms. The largest absolute Gasteiger partial charge is 0.349 e. The molecule has 1 fully saturated rings. The third-order valence-electron chi connectivity index (χ3n) is 3.56. The van der Waals surface area contributed by atoms with Crippen LogP contribution in [0.25, 0.3) is 0 Å². The van der Waals surface area contributed by atoms with Crippen molar-refractivity contribution in [1.29, 1.82) is 0 Å². The van der Waals surface area contributed by atoms with Crippen LogP contribution in [0.1, 0.15) is 61.5 Å². The van der Waals surface area contributed by atoms with Crippen LogP contribution in [0.3, 0.4) is 0 Å². The quantitative estimate of drug-likeness (QED) is 0.854. The van der Waals surface area contributed by atoms with E-state index < -0.39 is 0 Å². The predicted molar refractivity (Wildman–Crippen MR) is 77.6 cm³/mol. The Balaban J connectivity index is 2.05. The number of hydrogen-bond acceptors (Lipinski definition) is 2. The highest BCUT2D eigenvalue weighted by molar-refractivity contribution is 6.29. The minimum absolute atomic E-state index is 0.0199. The molecule has 2 rings (SSSR count). The van der Waals surface area contributed by atoms with Crippen LogP contribution in [0.2, 0.25) is 5.15 Å². The Bertz CT molecular complexity index is 442. The number of rotatable bonds is 4. The van der Waals surface area contributed by atoms with Gasteiger partial charge in [-0.25, -0.2) is 4.98 Å². The van der Waals surface area contributed by atoms with Gasteiger partial charge in [0.25, 0.3) is 5.91 Å². The molecule has 1 aromatic heterocycles. The van der Waals surface area contributed by atoms with E-state index in [2.05, 4.69) is 17.2 Å². The molecule has 0 aliphatic heterocycles. The maximum Gasteiger partial charge on any atom is 0.251 e. The molecule has 0 unspecified atom stereocenters. The minimum Gasteiger partial charge on any atom is -0.349 e. The molecule has 0 aromatic carbocycles. The van der Waals surface area contributed by atoms with Crippen LogP contribution in [0.4, 0.5) is 0 Å². The second-order valence-corrected chi connectivity index (χ2v) is 5.62. The summed E-state index contributed by atoms with van der Waals surface area (Å²) in [5, 5.41) is 3.51. The second kappa shape index (κ2) is 6.90. The third-order valence-corrected chi connectivity index (χ3v) is 3.75. The normalized spacial score (nSPS) is 16.3. The first kappa shape index (κ1) is 14.3. The standard InChI is InChI=1S/C15H21ClN2O/c1-2-6-13-9-11(10-14(16)17-13)15(19)18-12-7-4-3-5-8-12/h9-10,12H,2-8H2,1H3,(H,18,19). The molecular weight excluding hydrogens is 260 g/mol. The van der Waals surface area contributed by atoms with E-state index in [0.717, 1.165) is 31.4 Å². The molecule has 1 N–H and O–H groups in total. The van der Waals surface area contributed by atoms with Crippen molar-refractivity contribution in [2.24, 2.45) is 0 Å². The van der Waals surface area contributed by atoms with Gasteiger partial charge in [-0.2, -0.15) is 0 Å². The molecule has 0 bridgehead atoms. The average Bonchev–Trinajstić information content (AvgIpc) is 2.39. The van der Waals surface area contributed by atoms with Crippen LogP contribution >= 0.6 is 11.6 Å². The maximum atomic E-state index is 12.2. The minimum atomic E-state index is -0.0199. The highest BCUT2D eigenvalue weighted by Gasteiger charge is 2.17. The lowest BCUT2D eigenvalue weighted by atomic mass is 9.95. The van der Waals surface area contributed by atoms with Crippen molar-refractivity contribution in [1.82, 2.24) is 10.3 Å². The monoisotopic (exact) mass is 280 g/mol. The van der Waals surface area contributed by atoms with Crippen molar-refractivity contribution in [2.75, 3.05) is 0 Å². The molecule has 1 heterocycles. The van der Waals surface area contributed by atoms with E-state index in [1.165, 1.54) is 19.3 Å². The van der Waals surface area contributed by atoms with Crippen molar-refractivity contribution < 1.29 is 4.79 Å². The zero-order valence-electron chi connectivity index (χ0n) is 11.4. The summed E-state index contributed by atoms with van der Waals surface area (Å²) in [6.07, 6.45) is 7.74. The second-order valence-electron chi connectivity index (χ2n) is 5.23. The van der Waals surface area contributed by atoms with Gasteiger partial charge in [0.05, 0.1) is 0 Å². The van der Waals surface area contributed by atoms with Crippen molar-refractivity contribution >= 4 is 17.5 Å². The Morgan fingerprint density at radius 1 is 1.37 bits per heavy atom. The topological polar surface area (TPSA) is 42.0 Å². The Morgan fingerprint density at radius 3 is 2.79 bits per heavy atom. The van der Waals surface area contributed by atoms with Crippen molar-refractivity contribution in [2.45, 2.75) is 57.9 Å². The summed E-state index contributed by atoms with van der Waals surface area (Å²) in [7, 11) is 0. The Labute approximate surface area is 119 Å². The lowest BCUT2D eigenvalue weighted by molar-refractivity contribution is 0.0927. The zero-order chi connectivity index (χ0) is 13.7. The summed E-state index contributed by atoms with van der Waals surface area (Å²) >= 11 is 5.98. The predicted octanol–water partition coefficient (Wildman–Crippen LogP) is 3.75. The summed E-state index contributed by atoms with van der Waals surface area (Å²) < 4.78 is 0. The first-order valence-corrected chi connectivity index (χ1v) is 7.54. The highest BCUT2D eigenvalue weighted by Crippen LogP contribution is 2.18. The van der Waals surface area contributed by atoms with Crippen molar-refractivity contribution in [3.8, 4) is 0 Å². The van der Waals surface area contributed by atoms with E-state index in [4.69, 9.17) is 11.6 Å². The zero-order valence-corrected chi connectivity index (χ0v) is 12.2. The van der Waals surface area contributed by atoms with Crippen molar-refractivity contribution in [3.05, 3.63) is 28.5 Å². The van der Waals surface area contributed by atoms with Crippen LogP contribution in [0.15, 0.2) is 12.1 Å². The lowest BCUT2D eigenvalue weighted by Crippen LogP contribution is -2.36. The van der Waals surface area contributed by atoms with Gasteiger partial charge in [0.1, 0.15) is 5.15 Å². The molecule has 0 atom stereocenters. The number of halogens is 1. The van der Waals surface area contributed by atoms with Gasteiger partial charge in [0.2, 0.25) is 0 Å². The fourth-order valence-electron chi connectivity index (χ4n) is 2.58. The number of amides is 1. The molecule has 1 saturated carbocycles. The molecule has 104 valence electrons. The van der Waals surface area contributed by atoms with Gasteiger partial charge in [0.15, 0.2) is 0 Å². The molecule has 19 heavy (non-hydrogen) atoms. The first-order chi connectivity index (χ1) is 9.19. The molecule has 1 aliphatic carbocycles. The van der Waals surface area contributed by atoms with Gasteiger partial charge < -0.3 is 5.32 Å². The fraction of sp³-hybridized carbons (Fsp3) is 0.600. The maximum absolute atomic E-state index is 12.2. The van der Waals surface area contributed by atoms with E-state index in [1.54, 1.807) is 6.07 Å². The number of aromatic nitrogens is 1. The summed E-state index contributed by atoms with van der Waals surface area (Å²) in [5.41, 5.74) is 1.53. The lowest BCUT2D eigenvalue weighted by Gasteiger charge is -2.22. The number of nitrogens with zero attached hydrogens (tertiary/aromatic N) is 1. The van der Waals surface area contributed by atoms with Crippen LogP contribution in [0, 0.1) is 0 Å². The SMILES string of the molecule is CCCc1cc(C(=O)NC2CCCCC2)cc(Cl)n1. The summed E-state index contributed by atoms with van der Waals surface area (Å²) in [4.78, 5) is 16.5. The van der Waals surface area contributed by atoms with E-state index in [0.29, 0.717) is 16.8 Å². The van der Waals surface area contributed by atoms with Gasteiger partial charge in [-0.1, -0.05) is 44.2 Å². The summed E-state index contributed by atoms with van der Waals surface area (Å²) in [6.45, 7) is 2.09. The van der Waals surface area contributed by atoms with Crippen LogP contribution in [-0.4, -0.2) is 16.9 Å². The van der Waals surface area contributed by atoms with Crippen molar-refractivity contribution in [3.63, 3.8) is 0 Å². The molecule has 3 nitrogen and oxygen atoms in total.